The molecule has 100 valence electrons. The van der Waals surface area contributed by atoms with Gasteiger partial charge in [0.15, 0.2) is 0 Å². The number of hydrogen-bond donors (Lipinski definition) is 0. The zero-order valence-electron chi connectivity index (χ0n) is 11.6. The minimum absolute atomic E-state index is 0.0312. The molecular weight excluding hydrogens is 260 g/mol. The lowest BCUT2D eigenvalue weighted by atomic mass is 9.84. The van der Waals surface area contributed by atoms with E-state index in [1.807, 2.05) is 18.2 Å². The van der Waals surface area contributed by atoms with Gasteiger partial charge in [-0.25, -0.2) is 4.79 Å². The van der Waals surface area contributed by atoms with Crippen LogP contribution in [-0.2, 0) is 10.2 Å². The maximum atomic E-state index is 12.0. The normalized spacial score (nSPS) is 11.6. The molecule has 2 aromatic rings. The smallest absolute Gasteiger partial charge is 0.338 e. The Morgan fingerprint density at radius 1 is 1.16 bits per heavy atom. The van der Waals surface area contributed by atoms with Crippen molar-refractivity contribution in [3.63, 3.8) is 0 Å². The lowest BCUT2D eigenvalue weighted by molar-refractivity contribution is 0.0603. The third-order valence-electron chi connectivity index (χ3n) is 3.19. The Morgan fingerprint density at radius 3 is 2.42 bits per heavy atom. The van der Waals surface area contributed by atoms with Gasteiger partial charge in [0.2, 0.25) is 0 Å². The van der Waals surface area contributed by atoms with Crippen LogP contribution in [0.5, 0.6) is 0 Å². The van der Waals surface area contributed by atoms with Crippen LogP contribution in [0.2, 0.25) is 5.02 Å². The summed E-state index contributed by atoms with van der Waals surface area (Å²) in [7, 11) is 1.39. The summed E-state index contributed by atoms with van der Waals surface area (Å²) < 4.78 is 4.87. The van der Waals surface area contributed by atoms with Crippen LogP contribution in [0, 0.1) is 0 Å². The van der Waals surface area contributed by atoms with E-state index in [-0.39, 0.29) is 11.4 Å². The maximum Gasteiger partial charge on any atom is 0.338 e. The fraction of sp³-hybridized carbons (Fsp3) is 0.312. The molecule has 0 fully saturated rings. The number of ether oxygens (including phenoxy) is 1. The lowest BCUT2D eigenvalue weighted by Crippen LogP contribution is -2.13. The largest absolute Gasteiger partial charge is 0.465 e. The van der Waals surface area contributed by atoms with Crippen LogP contribution < -0.4 is 0 Å². The van der Waals surface area contributed by atoms with Gasteiger partial charge in [-0.15, -0.1) is 0 Å². The minimum atomic E-state index is -0.335. The van der Waals surface area contributed by atoms with Crippen LogP contribution >= 0.6 is 11.6 Å². The van der Waals surface area contributed by atoms with E-state index in [2.05, 4.69) is 26.8 Å². The topological polar surface area (TPSA) is 26.3 Å². The average molecular weight is 277 g/mol. The number of rotatable bonds is 1. The molecule has 0 amide bonds. The first-order chi connectivity index (χ1) is 8.82. The van der Waals surface area contributed by atoms with Crippen LogP contribution in [0.15, 0.2) is 30.3 Å². The summed E-state index contributed by atoms with van der Waals surface area (Å²) in [6, 6.07) is 9.55. The van der Waals surface area contributed by atoms with Crippen molar-refractivity contribution in [1.82, 2.24) is 0 Å². The van der Waals surface area contributed by atoms with Gasteiger partial charge in [-0.2, -0.15) is 0 Å². The van der Waals surface area contributed by atoms with Crippen molar-refractivity contribution >= 4 is 28.3 Å². The molecule has 0 bridgehead atoms. The Bertz CT molecular complexity index is 639. The molecule has 0 saturated carbocycles. The Hall–Kier alpha value is -1.54. The zero-order valence-corrected chi connectivity index (χ0v) is 12.3. The van der Waals surface area contributed by atoms with Crippen molar-refractivity contribution in [1.29, 1.82) is 0 Å². The van der Waals surface area contributed by atoms with Crippen LogP contribution in [0.3, 0.4) is 0 Å². The second-order valence-electron chi connectivity index (χ2n) is 5.63. The van der Waals surface area contributed by atoms with Gasteiger partial charge >= 0.3 is 5.97 Å². The van der Waals surface area contributed by atoms with E-state index in [4.69, 9.17) is 16.3 Å². The molecule has 0 aliphatic carbocycles. The molecule has 0 spiro atoms. The van der Waals surface area contributed by atoms with Crippen molar-refractivity contribution in [3.8, 4) is 0 Å². The predicted octanol–water partition coefficient (Wildman–Crippen LogP) is 4.58. The van der Waals surface area contributed by atoms with Crippen LogP contribution in [0.4, 0.5) is 0 Å². The van der Waals surface area contributed by atoms with Crippen molar-refractivity contribution in [2.45, 2.75) is 26.2 Å². The highest BCUT2D eigenvalue weighted by Crippen LogP contribution is 2.30. The Labute approximate surface area is 118 Å². The van der Waals surface area contributed by atoms with E-state index in [0.717, 1.165) is 16.3 Å². The molecule has 0 unspecified atom stereocenters. The molecule has 2 aromatic carbocycles. The van der Waals surface area contributed by atoms with E-state index in [1.54, 1.807) is 6.07 Å². The Kier molecular flexibility index (Phi) is 3.55. The Morgan fingerprint density at radius 2 is 1.84 bits per heavy atom. The molecule has 19 heavy (non-hydrogen) atoms. The number of fused-ring (bicyclic) bond motifs is 1. The zero-order chi connectivity index (χ0) is 14.2. The van der Waals surface area contributed by atoms with E-state index in [0.29, 0.717) is 10.6 Å². The van der Waals surface area contributed by atoms with Gasteiger partial charge < -0.3 is 4.74 Å². The number of carbonyl (C=O) groups is 1. The monoisotopic (exact) mass is 276 g/mol. The SMILES string of the molecule is COC(=O)c1cc(C(C)(C)C)cc2ccc(Cl)cc12. The summed E-state index contributed by atoms with van der Waals surface area (Å²) in [5.74, 6) is -0.335. The molecule has 0 aliphatic rings. The van der Waals surface area contributed by atoms with Crippen molar-refractivity contribution in [2.24, 2.45) is 0 Å². The molecule has 2 nitrogen and oxygen atoms in total. The summed E-state index contributed by atoms with van der Waals surface area (Å²) in [5, 5.41) is 2.44. The highest BCUT2D eigenvalue weighted by Gasteiger charge is 2.19. The molecule has 0 saturated heterocycles. The number of carbonyl (C=O) groups excluding carboxylic acids is 1. The quantitative estimate of drug-likeness (QED) is 0.713. The first-order valence-corrected chi connectivity index (χ1v) is 6.53. The fourth-order valence-corrected chi connectivity index (χ4v) is 2.21. The van der Waals surface area contributed by atoms with Crippen LogP contribution in [0.25, 0.3) is 10.8 Å². The summed E-state index contributed by atoms with van der Waals surface area (Å²) >= 11 is 6.02. The summed E-state index contributed by atoms with van der Waals surface area (Å²) in [6.45, 7) is 6.35. The number of benzene rings is 2. The minimum Gasteiger partial charge on any atom is -0.465 e. The first-order valence-electron chi connectivity index (χ1n) is 6.15. The molecule has 0 atom stereocenters. The highest BCUT2D eigenvalue weighted by molar-refractivity contribution is 6.31. The predicted molar refractivity (Wildman–Crippen MR) is 79.0 cm³/mol. The molecule has 2 rings (SSSR count). The third kappa shape index (κ3) is 2.74. The van der Waals surface area contributed by atoms with Crippen LogP contribution in [-0.4, -0.2) is 13.1 Å². The molecule has 0 N–H and O–H groups in total. The Balaban J connectivity index is 2.80. The molecular formula is C16H17ClO2. The number of halogens is 1. The highest BCUT2D eigenvalue weighted by atomic mass is 35.5. The second kappa shape index (κ2) is 4.86. The van der Waals surface area contributed by atoms with Crippen molar-refractivity contribution in [2.75, 3.05) is 7.11 Å². The van der Waals surface area contributed by atoms with E-state index >= 15 is 0 Å². The van der Waals surface area contributed by atoms with Crippen molar-refractivity contribution < 1.29 is 9.53 Å². The summed E-state index contributed by atoms with van der Waals surface area (Å²) in [4.78, 5) is 12.0. The third-order valence-corrected chi connectivity index (χ3v) is 3.42. The molecule has 0 radical (unpaired) electrons. The van der Waals surface area contributed by atoms with Gasteiger partial charge in [0, 0.05) is 5.02 Å². The standard InChI is InChI=1S/C16H17ClO2/c1-16(2,3)11-7-10-5-6-12(17)9-13(10)14(8-11)15(18)19-4/h5-9H,1-4H3. The van der Waals surface area contributed by atoms with E-state index in [9.17, 15) is 4.79 Å². The molecule has 0 heterocycles. The van der Waals surface area contributed by atoms with Gasteiger partial charge in [-0.1, -0.05) is 44.5 Å². The number of esters is 1. The maximum absolute atomic E-state index is 12.0. The molecule has 3 heteroatoms. The first kappa shape index (κ1) is 13.9. The van der Waals surface area contributed by atoms with Gasteiger partial charge in [0.05, 0.1) is 12.7 Å². The van der Waals surface area contributed by atoms with Crippen LogP contribution in [0.1, 0.15) is 36.7 Å². The van der Waals surface area contributed by atoms with Crippen molar-refractivity contribution in [3.05, 3.63) is 46.5 Å². The summed E-state index contributed by atoms with van der Waals surface area (Å²) in [6.07, 6.45) is 0. The molecule has 0 aliphatic heterocycles. The number of methoxy groups -OCH3 is 1. The average Bonchev–Trinajstić information content (AvgIpc) is 2.35. The van der Waals surface area contributed by atoms with Gasteiger partial charge in [-0.05, 0) is 39.9 Å². The van der Waals surface area contributed by atoms with E-state index < -0.39 is 0 Å². The summed E-state index contributed by atoms with van der Waals surface area (Å²) in [5.41, 5.74) is 1.63. The van der Waals surface area contributed by atoms with E-state index in [1.165, 1.54) is 7.11 Å². The lowest BCUT2D eigenvalue weighted by Gasteiger charge is -2.21. The van der Waals surface area contributed by atoms with Gasteiger partial charge in [0.1, 0.15) is 0 Å². The van der Waals surface area contributed by atoms with Gasteiger partial charge in [0.25, 0.3) is 0 Å². The van der Waals surface area contributed by atoms with Gasteiger partial charge in [-0.3, -0.25) is 0 Å². The second-order valence-corrected chi connectivity index (χ2v) is 6.07. The number of hydrogen-bond acceptors (Lipinski definition) is 2. The molecule has 0 aromatic heterocycles. The fourth-order valence-electron chi connectivity index (χ4n) is 2.04.